The van der Waals surface area contributed by atoms with Gasteiger partial charge in [0.15, 0.2) is 5.78 Å². The van der Waals surface area contributed by atoms with E-state index in [0.29, 0.717) is 26.4 Å². The summed E-state index contributed by atoms with van der Waals surface area (Å²) in [6, 6.07) is 6.25. The third-order valence-electron chi connectivity index (χ3n) is 5.20. The molecule has 3 heterocycles. The van der Waals surface area contributed by atoms with Crippen molar-refractivity contribution in [3.05, 3.63) is 66.1 Å². The molecule has 0 amide bonds. The molecule has 31 heavy (non-hydrogen) atoms. The Morgan fingerprint density at radius 3 is 2.48 bits per heavy atom. The van der Waals surface area contributed by atoms with E-state index >= 15 is 0 Å². The summed E-state index contributed by atoms with van der Waals surface area (Å²) in [4.78, 5) is 51.5. The molecule has 1 aliphatic rings. The Bertz CT molecular complexity index is 1330. The summed E-state index contributed by atoms with van der Waals surface area (Å²) in [6.07, 6.45) is 0.438. The summed E-state index contributed by atoms with van der Waals surface area (Å²) in [5.74, 6) is -1.68. The number of carbonyl (C=O) groups is 2. The monoisotopic (exact) mass is 462 g/mol. The molecule has 0 unspecified atom stereocenters. The Kier molecular flexibility index (Phi) is 5.36. The molecule has 1 N–H and O–H groups in total. The number of benzene rings is 1. The van der Waals surface area contributed by atoms with Crippen molar-refractivity contribution in [3.8, 4) is 0 Å². The second-order valence-electron chi connectivity index (χ2n) is 7.99. The smallest absolute Gasteiger partial charge is 0.333 e. The topological polar surface area (TPSA) is 108 Å². The van der Waals surface area contributed by atoms with Gasteiger partial charge in [-0.15, -0.1) is 11.3 Å². The molecule has 4 rings (SSSR count). The first-order valence-corrected chi connectivity index (χ1v) is 10.7. The van der Waals surface area contributed by atoms with Crippen molar-refractivity contribution in [2.45, 2.75) is 45.6 Å². The van der Waals surface area contributed by atoms with Crippen molar-refractivity contribution in [1.82, 2.24) is 9.13 Å². The van der Waals surface area contributed by atoms with Crippen LogP contribution in [0, 0.1) is 0 Å². The fraction of sp³-hybridized carbons (Fsp3) is 0.333. The van der Waals surface area contributed by atoms with E-state index in [1.54, 1.807) is 24.3 Å². The first-order valence-electron chi connectivity index (χ1n) is 9.50. The van der Waals surface area contributed by atoms with Crippen molar-refractivity contribution < 1.29 is 19.4 Å². The zero-order valence-corrected chi connectivity index (χ0v) is 18.4. The van der Waals surface area contributed by atoms with Gasteiger partial charge in [-0.25, -0.2) is 9.36 Å². The van der Waals surface area contributed by atoms with E-state index in [1.165, 1.54) is 15.9 Å². The van der Waals surface area contributed by atoms with Crippen LogP contribution in [0.4, 0.5) is 0 Å². The summed E-state index contributed by atoms with van der Waals surface area (Å²) < 4.78 is 7.69. The highest BCUT2D eigenvalue weighted by atomic mass is 35.5. The third-order valence-corrected chi connectivity index (χ3v) is 6.68. The van der Waals surface area contributed by atoms with Crippen LogP contribution >= 0.6 is 22.9 Å². The molecule has 0 saturated heterocycles. The van der Waals surface area contributed by atoms with Crippen LogP contribution in [0.1, 0.15) is 34.6 Å². The molecule has 2 aromatic heterocycles. The molecule has 0 saturated carbocycles. The molecule has 0 spiro atoms. The maximum Gasteiger partial charge on any atom is 0.333 e. The standard InChI is InChI=1S/C21H19ClN2O6S/c1-21(2)7-13-15(10-30-21)31-19-17(13)18(28)23(9-16(26)27)20(29)24(19)8-14(25)11-3-5-12(22)6-4-11/h3-6H,7-10H2,1-2H3,(H,26,27). The maximum atomic E-state index is 13.1. The number of carboxylic acids is 1. The van der Waals surface area contributed by atoms with Gasteiger partial charge in [0, 0.05) is 21.9 Å². The Hall–Kier alpha value is -2.75. The van der Waals surface area contributed by atoms with E-state index in [2.05, 4.69) is 0 Å². The third kappa shape index (κ3) is 3.96. The average molecular weight is 463 g/mol. The number of thiophene rings is 1. The number of ketones is 1. The first-order chi connectivity index (χ1) is 14.6. The van der Waals surface area contributed by atoms with Crippen LogP contribution in [-0.4, -0.2) is 31.6 Å². The molecule has 0 atom stereocenters. The molecule has 0 radical (unpaired) electrons. The first kappa shape index (κ1) is 21.5. The van der Waals surface area contributed by atoms with Gasteiger partial charge in [-0.05, 0) is 43.7 Å². The van der Waals surface area contributed by atoms with Gasteiger partial charge < -0.3 is 9.84 Å². The lowest BCUT2D eigenvalue weighted by Crippen LogP contribution is -2.42. The Morgan fingerprint density at radius 2 is 1.84 bits per heavy atom. The number of hydrogen-bond acceptors (Lipinski definition) is 6. The Balaban J connectivity index is 1.93. The number of carbonyl (C=O) groups excluding carboxylic acids is 1. The molecule has 10 heteroatoms. The van der Waals surface area contributed by atoms with E-state index in [1.807, 2.05) is 13.8 Å². The fourth-order valence-electron chi connectivity index (χ4n) is 3.69. The highest BCUT2D eigenvalue weighted by molar-refractivity contribution is 7.18. The van der Waals surface area contributed by atoms with Crippen molar-refractivity contribution in [2.75, 3.05) is 0 Å². The minimum Gasteiger partial charge on any atom is -0.480 e. The second-order valence-corrected chi connectivity index (χ2v) is 9.51. The van der Waals surface area contributed by atoms with Crippen LogP contribution < -0.4 is 11.2 Å². The van der Waals surface area contributed by atoms with Crippen molar-refractivity contribution in [2.24, 2.45) is 0 Å². The van der Waals surface area contributed by atoms with Crippen molar-refractivity contribution >= 4 is 44.9 Å². The lowest BCUT2D eigenvalue weighted by molar-refractivity contribution is -0.137. The zero-order valence-electron chi connectivity index (χ0n) is 16.8. The molecule has 0 aliphatic carbocycles. The van der Waals surface area contributed by atoms with Gasteiger partial charge in [0.1, 0.15) is 11.4 Å². The van der Waals surface area contributed by atoms with Crippen LogP contribution in [0.3, 0.4) is 0 Å². The minimum atomic E-state index is -1.32. The van der Waals surface area contributed by atoms with E-state index < -0.39 is 29.4 Å². The number of rotatable bonds is 5. The summed E-state index contributed by atoms with van der Waals surface area (Å²) >= 11 is 7.10. The number of ether oxygens (including phenoxy) is 1. The highest BCUT2D eigenvalue weighted by Crippen LogP contribution is 2.37. The van der Waals surface area contributed by atoms with Gasteiger partial charge in [0.2, 0.25) is 0 Å². The molecular weight excluding hydrogens is 444 g/mol. The normalized spacial score (nSPS) is 15.1. The quantitative estimate of drug-likeness (QED) is 0.584. The molecule has 0 fully saturated rings. The number of aliphatic carboxylic acids is 1. The van der Waals surface area contributed by atoms with Crippen LogP contribution in [-0.2, 0) is 35.6 Å². The zero-order chi connectivity index (χ0) is 22.5. The summed E-state index contributed by atoms with van der Waals surface area (Å²) in [7, 11) is 0. The molecule has 1 aliphatic heterocycles. The highest BCUT2D eigenvalue weighted by Gasteiger charge is 2.32. The lowest BCUT2D eigenvalue weighted by atomic mass is 9.94. The Labute approximate surface area is 185 Å². The van der Waals surface area contributed by atoms with E-state index in [0.717, 1.165) is 10.4 Å². The lowest BCUT2D eigenvalue weighted by Gasteiger charge is -2.29. The summed E-state index contributed by atoms with van der Waals surface area (Å²) in [5, 5.41) is 9.98. The van der Waals surface area contributed by atoms with E-state index in [4.69, 9.17) is 16.3 Å². The number of Topliss-reactive ketones (excluding diaryl/α,β-unsaturated/α-hetero) is 1. The number of carboxylic acid groups (broad SMARTS) is 1. The predicted octanol–water partition coefficient (Wildman–Crippen LogP) is 2.70. The molecule has 162 valence electrons. The van der Waals surface area contributed by atoms with E-state index in [-0.39, 0.29) is 24.3 Å². The number of halogens is 1. The van der Waals surface area contributed by atoms with Gasteiger partial charge in [-0.2, -0.15) is 0 Å². The number of nitrogens with zero attached hydrogens (tertiary/aromatic N) is 2. The van der Waals surface area contributed by atoms with Gasteiger partial charge in [0.05, 0.1) is 24.1 Å². The summed E-state index contributed by atoms with van der Waals surface area (Å²) in [6.45, 7) is 2.96. The maximum absolute atomic E-state index is 13.1. The van der Waals surface area contributed by atoms with Gasteiger partial charge >= 0.3 is 11.7 Å². The molecule has 3 aromatic rings. The Morgan fingerprint density at radius 1 is 1.16 bits per heavy atom. The van der Waals surface area contributed by atoms with Crippen LogP contribution in [0.5, 0.6) is 0 Å². The largest absolute Gasteiger partial charge is 0.480 e. The molecule has 0 bridgehead atoms. The molecule has 1 aromatic carbocycles. The number of aromatic nitrogens is 2. The van der Waals surface area contributed by atoms with Crippen molar-refractivity contribution in [1.29, 1.82) is 0 Å². The number of fused-ring (bicyclic) bond motifs is 3. The van der Waals surface area contributed by atoms with Crippen LogP contribution in [0.2, 0.25) is 5.02 Å². The second kappa shape index (κ2) is 7.74. The average Bonchev–Trinajstić information content (AvgIpc) is 3.06. The van der Waals surface area contributed by atoms with Gasteiger partial charge in [-0.3, -0.25) is 19.0 Å². The SMILES string of the molecule is CC1(C)Cc2c(sc3c2c(=O)n(CC(=O)O)c(=O)n3CC(=O)c2ccc(Cl)cc2)CO1. The van der Waals surface area contributed by atoms with Crippen LogP contribution in [0.25, 0.3) is 10.2 Å². The van der Waals surface area contributed by atoms with Gasteiger partial charge in [0.25, 0.3) is 5.56 Å². The predicted molar refractivity (Wildman–Crippen MR) is 116 cm³/mol. The summed E-state index contributed by atoms with van der Waals surface area (Å²) in [5.41, 5.74) is -0.904. The minimum absolute atomic E-state index is 0.277. The fourth-order valence-corrected chi connectivity index (χ4v) is 5.03. The van der Waals surface area contributed by atoms with Crippen molar-refractivity contribution in [3.63, 3.8) is 0 Å². The van der Waals surface area contributed by atoms with E-state index in [9.17, 15) is 24.3 Å². The molecular formula is C21H19ClN2O6S. The van der Waals surface area contributed by atoms with Gasteiger partial charge in [-0.1, -0.05) is 11.6 Å². The molecule has 8 nitrogen and oxygen atoms in total. The number of hydrogen-bond donors (Lipinski definition) is 1. The van der Waals surface area contributed by atoms with Crippen LogP contribution in [0.15, 0.2) is 33.9 Å².